The zero-order valence-electron chi connectivity index (χ0n) is 15.2. The van der Waals surface area contributed by atoms with Gasteiger partial charge >= 0.3 is 0 Å². The Labute approximate surface area is 158 Å². The summed E-state index contributed by atoms with van der Waals surface area (Å²) in [6.07, 6.45) is 1.76. The molecule has 27 heavy (non-hydrogen) atoms. The van der Waals surface area contributed by atoms with E-state index in [1.807, 2.05) is 30.3 Å². The van der Waals surface area contributed by atoms with E-state index in [9.17, 15) is 4.79 Å². The molecule has 4 rings (SSSR count). The van der Waals surface area contributed by atoms with Gasteiger partial charge in [-0.05, 0) is 29.3 Å². The predicted molar refractivity (Wildman–Crippen MR) is 103 cm³/mol. The second-order valence-corrected chi connectivity index (χ2v) is 7.12. The van der Waals surface area contributed by atoms with Crippen LogP contribution in [-0.2, 0) is 14.4 Å². The smallest absolute Gasteiger partial charge is 0.225 e. The van der Waals surface area contributed by atoms with Crippen LogP contribution in [-0.4, -0.2) is 44.1 Å². The summed E-state index contributed by atoms with van der Waals surface area (Å²) in [6, 6.07) is 14.2. The molecule has 142 valence electrons. The number of benzene rings is 2. The highest BCUT2D eigenvalue weighted by atomic mass is 16.7. The third-order valence-corrected chi connectivity index (χ3v) is 4.93. The lowest BCUT2D eigenvalue weighted by Gasteiger charge is -2.11. The molecule has 1 amide bonds. The molecule has 0 spiro atoms. The Hall–Kier alpha value is -2.60. The second-order valence-electron chi connectivity index (χ2n) is 7.12. The fourth-order valence-electron chi connectivity index (χ4n) is 3.38. The van der Waals surface area contributed by atoms with Crippen LogP contribution >= 0.6 is 0 Å². The van der Waals surface area contributed by atoms with Gasteiger partial charge in [0.15, 0.2) is 6.10 Å². The summed E-state index contributed by atoms with van der Waals surface area (Å²) in [5, 5.41) is 9.33. The van der Waals surface area contributed by atoms with Crippen LogP contribution in [0.3, 0.4) is 0 Å². The van der Waals surface area contributed by atoms with Crippen molar-refractivity contribution in [1.82, 2.24) is 5.32 Å². The Kier molecular flexibility index (Phi) is 5.53. The van der Waals surface area contributed by atoms with Crippen LogP contribution < -0.4 is 10.1 Å². The number of oxime groups is 1. The van der Waals surface area contributed by atoms with Gasteiger partial charge < -0.3 is 19.6 Å². The highest BCUT2D eigenvalue weighted by molar-refractivity contribution is 6.01. The number of carbonyl (C=O) groups excluding carboxylic acids is 1. The summed E-state index contributed by atoms with van der Waals surface area (Å²) in [5.74, 6) is 1.22. The van der Waals surface area contributed by atoms with Crippen molar-refractivity contribution in [2.45, 2.75) is 25.4 Å². The van der Waals surface area contributed by atoms with Crippen LogP contribution in [0.4, 0.5) is 0 Å². The molecule has 0 aliphatic carbocycles. The molecule has 1 N–H and O–H groups in total. The van der Waals surface area contributed by atoms with Crippen LogP contribution in [0.1, 0.15) is 19.3 Å². The van der Waals surface area contributed by atoms with Crippen molar-refractivity contribution in [3.63, 3.8) is 0 Å². The zero-order valence-corrected chi connectivity index (χ0v) is 15.2. The van der Waals surface area contributed by atoms with Crippen molar-refractivity contribution in [1.29, 1.82) is 0 Å². The van der Waals surface area contributed by atoms with E-state index in [1.54, 1.807) is 0 Å². The number of amides is 1. The average molecular weight is 368 g/mol. The first-order valence-electron chi connectivity index (χ1n) is 9.44. The number of carbonyl (C=O) groups is 1. The molecule has 1 saturated heterocycles. The summed E-state index contributed by atoms with van der Waals surface area (Å²) in [6.45, 7) is 2.60. The number of nitrogens with one attached hydrogen (secondary N) is 1. The summed E-state index contributed by atoms with van der Waals surface area (Å²) < 4.78 is 11.2. The third-order valence-electron chi connectivity index (χ3n) is 4.93. The minimum atomic E-state index is -0.150. The van der Waals surface area contributed by atoms with E-state index in [-0.39, 0.29) is 18.4 Å². The van der Waals surface area contributed by atoms with Crippen LogP contribution in [0.2, 0.25) is 0 Å². The number of fused-ring (bicyclic) bond motifs is 1. The molecule has 0 radical (unpaired) electrons. The van der Waals surface area contributed by atoms with Gasteiger partial charge in [-0.3, -0.25) is 4.79 Å². The number of nitrogens with zero attached hydrogens (tertiary/aromatic N) is 1. The van der Waals surface area contributed by atoms with E-state index in [0.717, 1.165) is 36.5 Å². The van der Waals surface area contributed by atoms with Gasteiger partial charge in [-0.25, -0.2) is 0 Å². The molecule has 2 aromatic carbocycles. The van der Waals surface area contributed by atoms with Crippen molar-refractivity contribution in [2.75, 3.05) is 26.4 Å². The Bertz CT molecular complexity index is 830. The zero-order chi connectivity index (χ0) is 18.5. The van der Waals surface area contributed by atoms with Gasteiger partial charge in [0.25, 0.3) is 0 Å². The normalized spacial score (nSPS) is 21.7. The van der Waals surface area contributed by atoms with Crippen molar-refractivity contribution in [3.05, 3.63) is 42.5 Å². The highest BCUT2D eigenvalue weighted by Crippen LogP contribution is 2.22. The summed E-state index contributed by atoms with van der Waals surface area (Å²) in [5.41, 5.74) is 0.766. The van der Waals surface area contributed by atoms with Gasteiger partial charge in [0.1, 0.15) is 12.4 Å². The minimum absolute atomic E-state index is 0.0136. The van der Waals surface area contributed by atoms with Gasteiger partial charge in [-0.2, -0.15) is 0 Å². The number of hydrogen-bond donors (Lipinski definition) is 1. The first-order chi connectivity index (χ1) is 13.3. The maximum Gasteiger partial charge on any atom is 0.225 e. The lowest BCUT2D eigenvalue weighted by atomic mass is 10.1. The first-order valence-corrected chi connectivity index (χ1v) is 9.44. The fourth-order valence-corrected chi connectivity index (χ4v) is 3.38. The molecule has 0 saturated carbocycles. The average Bonchev–Trinajstić information content (AvgIpc) is 3.36. The first kappa shape index (κ1) is 17.8. The van der Waals surface area contributed by atoms with Gasteiger partial charge in [0.2, 0.25) is 5.91 Å². The molecule has 0 aromatic heterocycles. The van der Waals surface area contributed by atoms with E-state index in [0.29, 0.717) is 25.5 Å². The molecule has 2 aliphatic rings. The maximum atomic E-state index is 12.0. The van der Waals surface area contributed by atoms with E-state index >= 15 is 0 Å². The highest BCUT2D eigenvalue weighted by Gasteiger charge is 2.24. The van der Waals surface area contributed by atoms with Crippen LogP contribution in [0.15, 0.2) is 47.6 Å². The molecule has 0 bridgehead atoms. The number of ether oxygens (including phenoxy) is 2. The van der Waals surface area contributed by atoms with E-state index in [1.165, 1.54) is 5.39 Å². The summed E-state index contributed by atoms with van der Waals surface area (Å²) >= 11 is 0. The van der Waals surface area contributed by atoms with Crippen molar-refractivity contribution in [3.8, 4) is 5.75 Å². The van der Waals surface area contributed by atoms with E-state index in [4.69, 9.17) is 14.3 Å². The van der Waals surface area contributed by atoms with Crippen molar-refractivity contribution >= 4 is 22.4 Å². The molecule has 6 heteroatoms. The Morgan fingerprint density at radius 2 is 2.11 bits per heavy atom. The predicted octanol–water partition coefficient (Wildman–Crippen LogP) is 2.91. The van der Waals surface area contributed by atoms with Gasteiger partial charge in [0.05, 0.1) is 18.7 Å². The molecule has 2 atom stereocenters. The topological polar surface area (TPSA) is 69.2 Å². The quantitative estimate of drug-likeness (QED) is 0.816. The van der Waals surface area contributed by atoms with Crippen molar-refractivity contribution < 1.29 is 19.1 Å². The third kappa shape index (κ3) is 4.77. The monoisotopic (exact) mass is 368 g/mol. The number of hydrogen-bond acceptors (Lipinski definition) is 5. The molecule has 6 nitrogen and oxygen atoms in total. The van der Waals surface area contributed by atoms with Crippen molar-refractivity contribution in [2.24, 2.45) is 11.1 Å². The molecule has 2 aromatic rings. The molecular formula is C21H24N2O4. The van der Waals surface area contributed by atoms with Crippen LogP contribution in [0, 0.1) is 5.92 Å². The largest absolute Gasteiger partial charge is 0.490 e. The van der Waals surface area contributed by atoms with Gasteiger partial charge in [0, 0.05) is 25.5 Å². The second kappa shape index (κ2) is 8.39. The molecule has 2 aliphatic heterocycles. The maximum absolute atomic E-state index is 12.0. The Balaban J connectivity index is 1.20. The van der Waals surface area contributed by atoms with Gasteiger partial charge in [-0.15, -0.1) is 0 Å². The Morgan fingerprint density at radius 1 is 1.22 bits per heavy atom. The summed E-state index contributed by atoms with van der Waals surface area (Å²) in [4.78, 5) is 17.5. The lowest BCUT2D eigenvalue weighted by Crippen LogP contribution is -2.31. The lowest BCUT2D eigenvalue weighted by molar-refractivity contribution is -0.120. The van der Waals surface area contributed by atoms with Gasteiger partial charge in [-0.1, -0.05) is 35.5 Å². The molecule has 2 heterocycles. The molecule has 2 unspecified atom stereocenters. The van der Waals surface area contributed by atoms with E-state index < -0.39 is 0 Å². The Morgan fingerprint density at radius 3 is 2.96 bits per heavy atom. The molecular weight excluding hydrogens is 344 g/mol. The number of rotatable bonds is 7. The van der Waals surface area contributed by atoms with Crippen LogP contribution in [0.5, 0.6) is 5.75 Å². The minimum Gasteiger partial charge on any atom is -0.490 e. The fraction of sp³-hybridized carbons (Fsp3) is 0.429. The van der Waals surface area contributed by atoms with E-state index in [2.05, 4.69) is 22.6 Å². The van der Waals surface area contributed by atoms with Crippen LogP contribution in [0.25, 0.3) is 10.8 Å². The standard InChI is InChI=1S/C21H24N2O4/c24-21(22-12-15-7-8-25-13-15)11-18-10-20(27-23-18)14-26-19-6-5-16-3-1-2-4-17(16)9-19/h1-6,9,15,20H,7-8,10-14H2,(H,22,24). The summed E-state index contributed by atoms with van der Waals surface area (Å²) in [7, 11) is 0. The molecule has 1 fully saturated rings. The SMILES string of the molecule is O=C(CC1=NOC(COc2ccc3ccccc3c2)C1)NCC1CCOC1.